The Morgan fingerprint density at radius 1 is 0.920 bits per heavy atom. The Bertz CT molecular complexity index is 978. The van der Waals surface area contributed by atoms with Crippen LogP contribution in [0.25, 0.3) is 0 Å². The molecule has 0 amide bonds. The van der Waals surface area contributed by atoms with Gasteiger partial charge in [-0.3, -0.25) is 4.72 Å². The van der Waals surface area contributed by atoms with E-state index >= 15 is 0 Å². The molecule has 0 aliphatic carbocycles. The molecule has 0 bridgehead atoms. The van der Waals surface area contributed by atoms with Crippen LogP contribution in [-0.2, 0) is 21.4 Å². The number of fused-ring (bicyclic) bond motifs is 1. The number of nitrogens with one attached hydrogen (secondary N) is 1. The van der Waals surface area contributed by atoms with Gasteiger partial charge in [-0.05, 0) is 74.6 Å². The van der Waals surface area contributed by atoms with Crippen LogP contribution in [0.15, 0.2) is 23.1 Å². The molecule has 132 valence electrons. The molecule has 0 aromatic heterocycles. The number of anilines is 1. The second-order valence-corrected chi connectivity index (χ2v) is 8.13. The van der Waals surface area contributed by atoms with E-state index in [1.54, 1.807) is 12.1 Å². The van der Waals surface area contributed by atoms with Gasteiger partial charge >= 0.3 is 5.97 Å². The highest BCUT2D eigenvalue weighted by molar-refractivity contribution is 7.92. The van der Waals surface area contributed by atoms with Crippen molar-refractivity contribution < 1.29 is 17.9 Å². The summed E-state index contributed by atoms with van der Waals surface area (Å²) in [6.07, 6.45) is 0. The fourth-order valence-electron chi connectivity index (χ4n) is 3.25. The third-order valence-corrected chi connectivity index (χ3v) is 6.79. The molecule has 0 saturated carbocycles. The third-order valence-electron chi connectivity index (χ3n) is 5.14. The lowest BCUT2D eigenvalue weighted by atomic mass is 9.95. The van der Waals surface area contributed by atoms with Crippen molar-refractivity contribution in [1.29, 1.82) is 0 Å². The first-order valence-electron chi connectivity index (χ1n) is 8.03. The molecule has 0 unspecified atom stereocenters. The summed E-state index contributed by atoms with van der Waals surface area (Å²) in [5.74, 6) is -0.426. The molecule has 0 atom stereocenters. The highest BCUT2D eigenvalue weighted by Crippen LogP contribution is 2.31. The maximum Gasteiger partial charge on any atom is 0.338 e. The molecular weight excluding hydrogens is 338 g/mol. The molecule has 5 nitrogen and oxygen atoms in total. The van der Waals surface area contributed by atoms with E-state index < -0.39 is 16.0 Å². The van der Waals surface area contributed by atoms with Crippen molar-refractivity contribution in [3.8, 4) is 0 Å². The monoisotopic (exact) mass is 359 g/mol. The Hall–Kier alpha value is -2.34. The van der Waals surface area contributed by atoms with Gasteiger partial charge in [0.15, 0.2) is 0 Å². The largest absolute Gasteiger partial charge is 0.457 e. The molecular formula is C19H21NO4S. The van der Waals surface area contributed by atoms with Crippen LogP contribution >= 0.6 is 0 Å². The molecule has 2 aromatic carbocycles. The molecule has 1 N–H and O–H groups in total. The minimum Gasteiger partial charge on any atom is -0.457 e. The van der Waals surface area contributed by atoms with E-state index in [0.29, 0.717) is 16.1 Å². The van der Waals surface area contributed by atoms with Gasteiger partial charge in [-0.25, -0.2) is 13.2 Å². The average Bonchev–Trinajstić information content (AvgIpc) is 2.91. The van der Waals surface area contributed by atoms with Crippen LogP contribution in [0.3, 0.4) is 0 Å². The fraction of sp³-hybridized carbons (Fsp3) is 0.316. The zero-order chi connectivity index (χ0) is 18.5. The summed E-state index contributed by atoms with van der Waals surface area (Å²) in [5.41, 5.74) is 6.07. The standard InChI is InChI=1S/C19H21NO4S/c1-10-11(2)13(4)18(14(5)12(10)3)25(22,23)20-16-7-6-15-9-24-19(21)17(15)8-16/h6-8,20H,9H2,1-5H3. The van der Waals surface area contributed by atoms with Gasteiger partial charge < -0.3 is 4.74 Å². The minimum absolute atomic E-state index is 0.232. The van der Waals surface area contributed by atoms with E-state index in [1.807, 2.05) is 34.6 Å². The number of sulfonamides is 1. The van der Waals surface area contributed by atoms with E-state index in [-0.39, 0.29) is 6.61 Å². The van der Waals surface area contributed by atoms with Crippen LogP contribution in [0.2, 0.25) is 0 Å². The normalized spacial score (nSPS) is 13.6. The summed E-state index contributed by atoms with van der Waals surface area (Å²) in [5, 5.41) is 0. The van der Waals surface area contributed by atoms with Crippen molar-refractivity contribution in [3.63, 3.8) is 0 Å². The van der Waals surface area contributed by atoms with Gasteiger partial charge in [0, 0.05) is 11.3 Å². The molecule has 0 fully saturated rings. The number of carbonyl (C=O) groups excluding carboxylic acids is 1. The number of hydrogen-bond donors (Lipinski definition) is 1. The first-order chi connectivity index (χ1) is 11.6. The Labute approximate surface area is 148 Å². The SMILES string of the molecule is Cc1c(C)c(C)c(S(=O)(=O)Nc2ccc3c(c2)C(=O)OC3)c(C)c1C. The lowest BCUT2D eigenvalue weighted by Crippen LogP contribution is -2.18. The number of ether oxygens (including phenoxy) is 1. The average molecular weight is 359 g/mol. The van der Waals surface area contributed by atoms with E-state index in [2.05, 4.69) is 4.72 Å². The first-order valence-corrected chi connectivity index (χ1v) is 9.51. The Morgan fingerprint density at radius 2 is 1.48 bits per heavy atom. The van der Waals surface area contributed by atoms with Crippen molar-refractivity contribution in [1.82, 2.24) is 0 Å². The van der Waals surface area contributed by atoms with Crippen molar-refractivity contribution in [2.45, 2.75) is 46.1 Å². The molecule has 2 aromatic rings. The predicted molar refractivity (Wildman–Crippen MR) is 96.5 cm³/mol. The summed E-state index contributed by atoms with van der Waals surface area (Å²) in [6, 6.07) is 4.89. The predicted octanol–water partition coefficient (Wildman–Crippen LogP) is 3.70. The van der Waals surface area contributed by atoms with Gasteiger partial charge in [0.05, 0.1) is 10.5 Å². The van der Waals surface area contributed by atoms with Crippen LogP contribution in [-0.4, -0.2) is 14.4 Å². The number of hydrogen-bond acceptors (Lipinski definition) is 4. The maximum atomic E-state index is 13.0. The van der Waals surface area contributed by atoms with E-state index in [1.165, 1.54) is 6.07 Å². The van der Waals surface area contributed by atoms with Crippen LogP contribution in [0, 0.1) is 34.6 Å². The summed E-state index contributed by atoms with van der Waals surface area (Å²) in [7, 11) is -3.77. The fourth-order valence-corrected chi connectivity index (χ4v) is 4.90. The van der Waals surface area contributed by atoms with Crippen molar-refractivity contribution in [2.75, 3.05) is 4.72 Å². The smallest absolute Gasteiger partial charge is 0.338 e. The van der Waals surface area contributed by atoms with Gasteiger partial charge in [0.2, 0.25) is 0 Å². The van der Waals surface area contributed by atoms with Crippen molar-refractivity contribution in [2.24, 2.45) is 0 Å². The Kier molecular flexibility index (Phi) is 4.11. The quantitative estimate of drug-likeness (QED) is 0.848. The summed E-state index contributed by atoms with van der Waals surface area (Å²) >= 11 is 0. The Balaban J connectivity index is 2.08. The van der Waals surface area contributed by atoms with Gasteiger partial charge in [-0.1, -0.05) is 6.07 Å². The van der Waals surface area contributed by atoms with Gasteiger partial charge in [-0.2, -0.15) is 0 Å². The molecule has 0 saturated heterocycles. The van der Waals surface area contributed by atoms with Gasteiger partial charge in [0.25, 0.3) is 10.0 Å². The van der Waals surface area contributed by atoms with Crippen molar-refractivity contribution >= 4 is 21.7 Å². The van der Waals surface area contributed by atoms with Crippen LogP contribution in [0.5, 0.6) is 0 Å². The lowest BCUT2D eigenvalue weighted by Gasteiger charge is -2.19. The lowest BCUT2D eigenvalue weighted by molar-refractivity contribution is 0.0535. The molecule has 6 heteroatoms. The van der Waals surface area contributed by atoms with E-state index in [9.17, 15) is 13.2 Å². The van der Waals surface area contributed by atoms with Gasteiger partial charge in [-0.15, -0.1) is 0 Å². The van der Waals surface area contributed by atoms with Crippen molar-refractivity contribution in [3.05, 3.63) is 57.1 Å². The second kappa shape index (κ2) is 5.88. The molecule has 3 rings (SSSR count). The number of benzene rings is 2. The van der Waals surface area contributed by atoms with Crippen LogP contribution < -0.4 is 4.72 Å². The van der Waals surface area contributed by atoms with Crippen LogP contribution in [0.4, 0.5) is 5.69 Å². The molecule has 1 aliphatic heterocycles. The summed E-state index contributed by atoms with van der Waals surface area (Å²) in [6.45, 7) is 9.74. The topological polar surface area (TPSA) is 72.5 Å². The van der Waals surface area contributed by atoms with E-state index in [0.717, 1.165) is 33.4 Å². The first kappa shape index (κ1) is 17.5. The summed E-state index contributed by atoms with van der Waals surface area (Å²) < 4.78 is 33.6. The molecule has 0 spiro atoms. The number of esters is 1. The second-order valence-electron chi connectivity index (χ2n) is 6.51. The molecule has 1 heterocycles. The maximum absolute atomic E-state index is 13.0. The molecule has 25 heavy (non-hydrogen) atoms. The van der Waals surface area contributed by atoms with Gasteiger partial charge in [0.1, 0.15) is 6.61 Å². The van der Waals surface area contributed by atoms with Crippen LogP contribution in [0.1, 0.15) is 43.7 Å². The highest BCUT2D eigenvalue weighted by Gasteiger charge is 2.26. The Morgan fingerprint density at radius 3 is 2.08 bits per heavy atom. The zero-order valence-electron chi connectivity index (χ0n) is 15.0. The number of rotatable bonds is 3. The minimum atomic E-state index is -3.77. The summed E-state index contributed by atoms with van der Waals surface area (Å²) in [4.78, 5) is 12.0. The molecule has 1 aliphatic rings. The third kappa shape index (κ3) is 2.80. The zero-order valence-corrected chi connectivity index (χ0v) is 15.8. The molecule has 0 radical (unpaired) electrons. The highest BCUT2D eigenvalue weighted by atomic mass is 32.2. The number of carbonyl (C=O) groups is 1. The van der Waals surface area contributed by atoms with E-state index in [4.69, 9.17) is 4.74 Å². The number of cyclic esters (lactones) is 1.